The molecular formula is C13H21N3O. The van der Waals surface area contributed by atoms with Gasteiger partial charge in [-0.05, 0) is 18.1 Å². The van der Waals surface area contributed by atoms with Crippen molar-refractivity contribution in [1.82, 2.24) is 5.32 Å². The molecule has 0 fully saturated rings. The zero-order chi connectivity index (χ0) is 12.5. The van der Waals surface area contributed by atoms with Crippen LogP contribution in [0.25, 0.3) is 0 Å². The van der Waals surface area contributed by atoms with Gasteiger partial charge in [-0.2, -0.15) is 0 Å². The predicted octanol–water partition coefficient (Wildman–Crippen LogP) is 1.63. The summed E-state index contributed by atoms with van der Waals surface area (Å²) in [6.45, 7) is 6.19. The number of aliphatic imine (C=N–C) groups is 1. The molecule has 1 aromatic rings. The number of ether oxygens (including phenoxy) is 1. The number of nitrogens with one attached hydrogen (secondary N) is 1. The average Bonchev–Trinajstić information content (AvgIpc) is 2.33. The van der Waals surface area contributed by atoms with Gasteiger partial charge in [0.2, 0.25) is 0 Å². The topological polar surface area (TPSA) is 59.6 Å². The Morgan fingerprint density at radius 3 is 2.71 bits per heavy atom. The minimum atomic E-state index is 0.482. The van der Waals surface area contributed by atoms with E-state index in [9.17, 15) is 0 Å². The number of rotatable bonds is 6. The standard InChI is InChI=1S/C13H21N3O/c1-11(2)10-16-13(14)15-8-9-17-12-6-4-3-5-7-12/h3-7,11H,8-10H2,1-2H3,(H3,14,15,16). The molecule has 0 aliphatic heterocycles. The van der Waals surface area contributed by atoms with Crippen LogP contribution in [0.5, 0.6) is 5.75 Å². The van der Waals surface area contributed by atoms with Gasteiger partial charge < -0.3 is 15.8 Å². The molecule has 4 nitrogen and oxygen atoms in total. The molecule has 0 aromatic heterocycles. The van der Waals surface area contributed by atoms with Crippen molar-refractivity contribution in [2.75, 3.05) is 19.7 Å². The van der Waals surface area contributed by atoms with E-state index in [4.69, 9.17) is 10.5 Å². The lowest BCUT2D eigenvalue weighted by Crippen LogP contribution is -2.35. The van der Waals surface area contributed by atoms with Crippen molar-refractivity contribution in [3.05, 3.63) is 30.3 Å². The largest absolute Gasteiger partial charge is 0.492 e. The molecule has 0 heterocycles. The van der Waals surface area contributed by atoms with E-state index >= 15 is 0 Å². The van der Waals surface area contributed by atoms with E-state index in [2.05, 4.69) is 24.2 Å². The van der Waals surface area contributed by atoms with Gasteiger partial charge in [0, 0.05) is 6.54 Å². The molecule has 1 aromatic carbocycles. The fourth-order valence-electron chi connectivity index (χ4n) is 1.20. The number of guanidine groups is 1. The summed E-state index contributed by atoms with van der Waals surface area (Å²) in [5.41, 5.74) is 5.68. The van der Waals surface area contributed by atoms with Crippen LogP contribution in [0.2, 0.25) is 0 Å². The molecule has 4 heteroatoms. The summed E-state index contributed by atoms with van der Waals surface area (Å²) in [6.07, 6.45) is 0. The van der Waals surface area contributed by atoms with E-state index in [-0.39, 0.29) is 0 Å². The third-order valence-corrected chi connectivity index (χ3v) is 2.05. The van der Waals surface area contributed by atoms with Gasteiger partial charge in [-0.3, -0.25) is 4.99 Å². The average molecular weight is 235 g/mol. The van der Waals surface area contributed by atoms with Crippen molar-refractivity contribution in [2.24, 2.45) is 16.6 Å². The number of benzene rings is 1. The second kappa shape index (κ2) is 7.54. The zero-order valence-corrected chi connectivity index (χ0v) is 10.5. The summed E-state index contributed by atoms with van der Waals surface area (Å²) in [6, 6.07) is 9.70. The molecule has 0 unspecified atom stereocenters. The molecule has 94 valence electrons. The maximum atomic E-state index is 5.68. The Morgan fingerprint density at radius 1 is 1.35 bits per heavy atom. The van der Waals surface area contributed by atoms with Gasteiger partial charge in [-0.15, -0.1) is 0 Å². The van der Waals surface area contributed by atoms with E-state index in [0.29, 0.717) is 25.0 Å². The highest BCUT2D eigenvalue weighted by molar-refractivity contribution is 5.77. The highest BCUT2D eigenvalue weighted by Gasteiger charge is 1.95. The summed E-state index contributed by atoms with van der Waals surface area (Å²) in [4.78, 5) is 4.20. The Hall–Kier alpha value is -1.71. The Labute approximate surface area is 103 Å². The lowest BCUT2D eigenvalue weighted by atomic mass is 10.2. The van der Waals surface area contributed by atoms with Crippen LogP contribution in [0.4, 0.5) is 0 Å². The van der Waals surface area contributed by atoms with Crippen molar-refractivity contribution in [3.8, 4) is 5.75 Å². The highest BCUT2D eigenvalue weighted by atomic mass is 16.5. The first-order chi connectivity index (χ1) is 8.18. The van der Waals surface area contributed by atoms with Crippen LogP contribution >= 0.6 is 0 Å². The summed E-state index contributed by atoms with van der Waals surface area (Å²) in [7, 11) is 0. The second-order valence-corrected chi connectivity index (χ2v) is 4.21. The van der Waals surface area contributed by atoms with Gasteiger partial charge in [0.05, 0.1) is 6.54 Å². The minimum Gasteiger partial charge on any atom is -0.492 e. The minimum absolute atomic E-state index is 0.482. The van der Waals surface area contributed by atoms with Crippen LogP contribution in [0.3, 0.4) is 0 Å². The second-order valence-electron chi connectivity index (χ2n) is 4.21. The first kappa shape index (κ1) is 13.4. The monoisotopic (exact) mass is 235 g/mol. The SMILES string of the molecule is CC(C)CN=C(N)NCCOc1ccccc1. The molecule has 0 spiro atoms. The van der Waals surface area contributed by atoms with Crippen molar-refractivity contribution in [1.29, 1.82) is 0 Å². The van der Waals surface area contributed by atoms with E-state index in [1.54, 1.807) is 0 Å². The van der Waals surface area contributed by atoms with Crippen LogP contribution < -0.4 is 15.8 Å². The number of hydrogen-bond acceptors (Lipinski definition) is 2. The highest BCUT2D eigenvalue weighted by Crippen LogP contribution is 2.07. The zero-order valence-electron chi connectivity index (χ0n) is 10.5. The van der Waals surface area contributed by atoms with Gasteiger partial charge in [-0.25, -0.2) is 0 Å². The molecule has 0 saturated carbocycles. The van der Waals surface area contributed by atoms with Gasteiger partial charge in [0.25, 0.3) is 0 Å². The van der Waals surface area contributed by atoms with E-state index in [1.807, 2.05) is 30.3 Å². The van der Waals surface area contributed by atoms with Crippen LogP contribution in [-0.4, -0.2) is 25.7 Å². The summed E-state index contributed by atoms with van der Waals surface area (Å²) < 4.78 is 5.51. The molecule has 0 aliphatic rings. The first-order valence-electron chi connectivity index (χ1n) is 5.90. The number of nitrogens with zero attached hydrogens (tertiary/aromatic N) is 1. The normalized spacial score (nSPS) is 11.6. The van der Waals surface area contributed by atoms with Crippen molar-refractivity contribution in [2.45, 2.75) is 13.8 Å². The van der Waals surface area contributed by atoms with E-state index in [0.717, 1.165) is 12.3 Å². The van der Waals surface area contributed by atoms with Crippen LogP contribution in [0.15, 0.2) is 35.3 Å². The number of para-hydroxylation sites is 1. The molecule has 17 heavy (non-hydrogen) atoms. The fourth-order valence-corrected chi connectivity index (χ4v) is 1.20. The molecule has 0 amide bonds. The Kier molecular flexibility index (Phi) is 5.93. The van der Waals surface area contributed by atoms with Gasteiger partial charge in [0.15, 0.2) is 5.96 Å². The molecule has 1 rings (SSSR count). The lowest BCUT2D eigenvalue weighted by Gasteiger charge is -2.08. The maximum Gasteiger partial charge on any atom is 0.188 e. The molecule has 0 radical (unpaired) electrons. The van der Waals surface area contributed by atoms with Crippen molar-refractivity contribution in [3.63, 3.8) is 0 Å². The van der Waals surface area contributed by atoms with Crippen LogP contribution in [0.1, 0.15) is 13.8 Å². The third kappa shape index (κ3) is 6.45. The molecule has 3 N–H and O–H groups in total. The Morgan fingerprint density at radius 2 is 2.06 bits per heavy atom. The van der Waals surface area contributed by atoms with Crippen LogP contribution in [-0.2, 0) is 0 Å². The summed E-state index contributed by atoms with van der Waals surface area (Å²) >= 11 is 0. The molecular weight excluding hydrogens is 214 g/mol. The van der Waals surface area contributed by atoms with E-state index in [1.165, 1.54) is 0 Å². The van der Waals surface area contributed by atoms with Gasteiger partial charge in [-0.1, -0.05) is 32.0 Å². The molecule has 0 bridgehead atoms. The van der Waals surface area contributed by atoms with Crippen molar-refractivity contribution >= 4 is 5.96 Å². The quantitative estimate of drug-likeness (QED) is 0.447. The Bertz CT molecular complexity index is 336. The summed E-state index contributed by atoms with van der Waals surface area (Å²) in [5, 5.41) is 3.01. The molecule has 0 atom stereocenters. The predicted molar refractivity (Wildman–Crippen MR) is 71.3 cm³/mol. The summed E-state index contributed by atoms with van der Waals surface area (Å²) in [5.74, 6) is 1.87. The molecule has 0 saturated heterocycles. The lowest BCUT2D eigenvalue weighted by molar-refractivity contribution is 0.322. The number of hydrogen-bond donors (Lipinski definition) is 2. The molecule has 0 aliphatic carbocycles. The Balaban J connectivity index is 2.14. The van der Waals surface area contributed by atoms with E-state index < -0.39 is 0 Å². The van der Waals surface area contributed by atoms with Crippen molar-refractivity contribution < 1.29 is 4.74 Å². The third-order valence-electron chi connectivity index (χ3n) is 2.05. The number of nitrogens with two attached hydrogens (primary N) is 1. The first-order valence-corrected chi connectivity index (χ1v) is 5.90. The maximum absolute atomic E-state index is 5.68. The fraction of sp³-hybridized carbons (Fsp3) is 0.462. The van der Waals surface area contributed by atoms with Gasteiger partial charge >= 0.3 is 0 Å². The van der Waals surface area contributed by atoms with Crippen LogP contribution in [0, 0.1) is 5.92 Å². The smallest absolute Gasteiger partial charge is 0.188 e. The van der Waals surface area contributed by atoms with Gasteiger partial charge in [0.1, 0.15) is 12.4 Å².